The van der Waals surface area contributed by atoms with Crippen LogP contribution in [0.3, 0.4) is 0 Å². The Morgan fingerprint density at radius 1 is 1.30 bits per heavy atom. The summed E-state index contributed by atoms with van der Waals surface area (Å²) in [7, 11) is 0. The zero-order chi connectivity index (χ0) is 14.4. The minimum Gasteiger partial charge on any atom is -0.370 e. The third kappa shape index (κ3) is 3.39. The van der Waals surface area contributed by atoms with Gasteiger partial charge >= 0.3 is 0 Å². The second kappa shape index (κ2) is 7.10. The third-order valence-electron chi connectivity index (χ3n) is 3.06. The van der Waals surface area contributed by atoms with Crippen LogP contribution in [0.25, 0.3) is 0 Å². The van der Waals surface area contributed by atoms with Gasteiger partial charge in [0.1, 0.15) is 0 Å². The molecule has 4 nitrogen and oxygen atoms in total. The number of halogens is 1. The number of carbonyl (C=O) groups excluding carboxylic acids is 1. The van der Waals surface area contributed by atoms with Gasteiger partial charge in [-0.25, -0.2) is 4.98 Å². The SMILES string of the molecule is CCCN(CCCl)c1ccc(C(=O)c2ncc[nH]2)cc1. The van der Waals surface area contributed by atoms with Crippen LogP contribution in [0.2, 0.25) is 0 Å². The molecule has 0 atom stereocenters. The van der Waals surface area contributed by atoms with Crippen molar-refractivity contribution in [2.24, 2.45) is 0 Å². The van der Waals surface area contributed by atoms with Gasteiger partial charge in [0.25, 0.3) is 0 Å². The Labute approximate surface area is 123 Å². The van der Waals surface area contributed by atoms with Crippen molar-refractivity contribution in [1.29, 1.82) is 0 Å². The highest BCUT2D eigenvalue weighted by atomic mass is 35.5. The molecule has 2 rings (SSSR count). The Morgan fingerprint density at radius 3 is 2.60 bits per heavy atom. The van der Waals surface area contributed by atoms with Crippen molar-refractivity contribution in [3.8, 4) is 0 Å². The van der Waals surface area contributed by atoms with Crippen molar-refractivity contribution in [3.05, 3.63) is 48.0 Å². The van der Waals surface area contributed by atoms with Crippen molar-refractivity contribution in [2.75, 3.05) is 23.9 Å². The van der Waals surface area contributed by atoms with Crippen molar-refractivity contribution >= 4 is 23.1 Å². The molecular formula is C15H18ClN3O. The number of H-pyrrole nitrogens is 1. The van der Waals surface area contributed by atoms with Gasteiger partial charge in [0.2, 0.25) is 5.78 Å². The number of nitrogens with one attached hydrogen (secondary N) is 1. The van der Waals surface area contributed by atoms with Crippen LogP contribution in [0.5, 0.6) is 0 Å². The second-order valence-corrected chi connectivity index (χ2v) is 4.87. The Hall–Kier alpha value is -1.81. The minimum atomic E-state index is -0.0964. The molecule has 0 amide bonds. The highest BCUT2D eigenvalue weighted by molar-refractivity contribution is 6.18. The fraction of sp³-hybridized carbons (Fsp3) is 0.333. The van der Waals surface area contributed by atoms with E-state index in [0.29, 0.717) is 17.3 Å². The zero-order valence-corrected chi connectivity index (χ0v) is 12.2. The average molecular weight is 292 g/mol. The predicted molar refractivity (Wildman–Crippen MR) is 81.7 cm³/mol. The first-order valence-corrected chi connectivity index (χ1v) is 7.24. The summed E-state index contributed by atoms with van der Waals surface area (Å²) in [6.45, 7) is 3.90. The lowest BCUT2D eigenvalue weighted by Gasteiger charge is -2.23. The van der Waals surface area contributed by atoms with Crippen molar-refractivity contribution in [1.82, 2.24) is 9.97 Å². The fourth-order valence-electron chi connectivity index (χ4n) is 2.09. The van der Waals surface area contributed by atoms with Crippen LogP contribution in [0.4, 0.5) is 5.69 Å². The van der Waals surface area contributed by atoms with Gasteiger partial charge in [-0.3, -0.25) is 4.79 Å². The van der Waals surface area contributed by atoms with E-state index in [1.807, 2.05) is 24.3 Å². The first kappa shape index (κ1) is 14.6. The van der Waals surface area contributed by atoms with Crippen LogP contribution in [0.15, 0.2) is 36.7 Å². The van der Waals surface area contributed by atoms with Gasteiger partial charge in [-0.1, -0.05) is 6.92 Å². The van der Waals surface area contributed by atoms with Gasteiger partial charge in [-0.15, -0.1) is 11.6 Å². The summed E-state index contributed by atoms with van der Waals surface area (Å²) in [6, 6.07) is 7.57. The summed E-state index contributed by atoms with van der Waals surface area (Å²) in [5.74, 6) is 0.859. The molecule has 0 spiro atoms. The van der Waals surface area contributed by atoms with Gasteiger partial charge in [0, 0.05) is 42.6 Å². The van der Waals surface area contributed by atoms with Gasteiger partial charge in [0.15, 0.2) is 5.82 Å². The van der Waals surface area contributed by atoms with Gasteiger partial charge < -0.3 is 9.88 Å². The normalized spacial score (nSPS) is 10.5. The van der Waals surface area contributed by atoms with E-state index in [-0.39, 0.29) is 5.78 Å². The lowest BCUT2D eigenvalue weighted by molar-refractivity contribution is 0.103. The van der Waals surface area contributed by atoms with E-state index in [9.17, 15) is 4.79 Å². The predicted octanol–water partition coefficient (Wildman–Crippen LogP) is 3.10. The smallest absolute Gasteiger partial charge is 0.228 e. The van der Waals surface area contributed by atoms with Crippen LogP contribution in [-0.4, -0.2) is 34.7 Å². The van der Waals surface area contributed by atoms with Crippen LogP contribution in [0.1, 0.15) is 29.5 Å². The van der Waals surface area contributed by atoms with E-state index >= 15 is 0 Å². The lowest BCUT2D eigenvalue weighted by Crippen LogP contribution is -2.26. The van der Waals surface area contributed by atoms with Crippen molar-refractivity contribution in [3.63, 3.8) is 0 Å². The number of rotatable bonds is 7. The van der Waals surface area contributed by atoms with E-state index in [1.54, 1.807) is 12.4 Å². The molecule has 0 aliphatic rings. The molecule has 0 saturated carbocycles. The number of hydrogen-bond donors (Lipinski definition) is 1. The maximum Gasteiger partial charge on any atom is 0.228 e. The largest absolute Gasteiger partial charge is 0.370 e. The number of alkyl halides is 1. The first-order valence-electron chi connectivity index (χ1n) is 6.71. The molecule has 20 heavy (non-hydrogen) atoms. The molecule has 1 heterocycles. The molecule has 0 aliphatic carbocycles. The summed E-state index contributed by atoms with van der Waals surface area (Å²) < 4.78 is 0. The Bertz CT molecular complexity index is 531. The average Bonchev–Trinajstić information content (AvgIpc) is 3.01. The third-order valence-corrected chi connectivity index (χ3v) is 3.22. The molecule has 0 fully saturated rings. The fourth-order valence-corrected chi connectivity index (χ4v) is 2.30. The number of imidazole rings is 1. The van der Waals surface area contributed by atoms with E-state index in [1.165, 1.54) is 0 Å². The van der Waals surface area contributed by atoms with Crippen molar-refractivity contribution in [2.45, 2.75) is 13.3 Å². The van der Waals surface area contributed by atoms with E-state index in [2.05, 4.69) is 21.8 Å². The first-order chi connectivity index (χ1) is 9.76. The van der Waals surface area contributed by atoms with E-state index in [0.717, 1.165) is 25.2 Å². The maximum absolute atomic E-state index is 12.1. The van der Waals surface area contributed by atoms with Crippen LogP contribution in [-0.2, 0) is 0 Å². The molecule has 0 saturated heterocycles. The van der Waals surface area contributed by atoms with Gasteiger partial charge in [-0.2, -0.15) is 0 Å². The molecule has 0 unspecified atom stereocenters. The van der Waals surface area contributed by atoms with Crippen LogP contribution < -0.4 is 4.90 Å². The number of hydrogen-bond acceptors (Lipinski definition) is 3. The van der Waals surface area contributed by atoms with Crippen LogP contribution in [0, 0.1) is 0 Å². The topological polar surface area (TPSA) is 49.0 Å². The maximum atomic E-state index is 12.1. The summed E-state index contributed by atoms with van der Waals surface area (Å²) in [6.07, 6.45) is 4.28. The molecular weight excluding hydrogens is 274 g/mol. The molecule has 0 radical (unpaired) electrons. The number of nitrogens with zero attached hydrogens (tertiary/aromatic N) is 2. The van der Waals surface area contributed by atoms with Crippen LogP contribution >= 0.6 is 11.6 Å². The molecule has 0 bridgehead atoms. The summed E-state index contributed by atoms with van der Waals surface area (Å²) >= 11 is 5.82. The number of benzene rings is 1. The molecule has 2 aromatic rings. The number of anilines is 1. The molecule has 106 valence electrons. The number of aromatic nitrogens is 2. The Morgan fingerprint density at radius 2 is 2.05 bits per heavy atom. The Balaban J connectivity index is 2.14. The van der Waals surface area contributed by atoms with Gasteiger partial charge in [0.05, 0.1) is 0 Å². The monoisotopic (exact) mass is 291 g/mol. The second-order valence-electron chi connectivity index (χ2n) is 4.49. The highest BCUT2D eigenvalue weighted by Crippen LogP contribution is 2.17. The van der Waals surface area contributed by atoms with Crippen molar-refractivity contribution < 1.29 is 4.79 Å². The van der Waals surface area contributed by atoms with E-state index in [4.69, 9.17) is 11.6 Å². The summed E-state index contributed by atoms with van der Waals surface area (Å²) in [4.78, 5) is 21.1. The summed E-state index contributed by atoms with van der Waals surface area (Å²) in [5, 5.41) is 0. The lowest BCUT2D eigenvalue weighted by atomic mass is 10.1. The highest BCUT2D eigenvalue weighted by Gasteiger charge is 2.12. The number of carbonyl (C=O) groups is 1. The molecule has 0 aliphatic heterocycles. The minimum absolute atomic E-state index is 0.0964. The number of ketones is 1. The molecule has 1 aromatic carbocycles. The number of aromatic amines is 1. The summed E-state index contributed by atoms with van der Waals surface area (Å²) in [5.41, 5.74) is 1.72. The van der Waals surface area contributed by atoms with E-state index < -0.39 is 0 Å². The van der Waals surface area contributed by atoms with Gasteiger partial charge in [-0.05, 0) is 30.7 Å². The Kier molecular flexibility index (Phi) is 5.18. The molecule has 1 N–H and O–H groups in total. The molecule has 1 aromatic heterocycles. The molecule has 5 heteroatoms. The standard InChI is InChI=1S/C15H18ClN3O/c1-2-10-19(11-7-16)13-5-3-12(4-6-13)14(20)15-17-8-9-18-15/h3-6,8-9H,2,7,10-11H2,1H3,(H,17,18). The zero-order valence-electron chi connectivity index (χ0n) is 11.5. The quantitative estimate of drug-likeness (QED) is 0.630.